The van der Waals surface area contributed by atoms with Crippen LogP contribution in [0.3, 0.4) is 0 Å². The van der Waals surface area contributed by atoms with Gasteiger partial charge in [-0.1, -0.05) is 24.6 Å². The van der Waals surface area contributed by atoms with Crippen LogP contribution in [0.25, 0.3) is 10.9 Å². The van der Waals surface area contributed by atoms with Crippen LogP contribution in [0, 0.1) is 0 Å². The van der Waals surface area contributed by atoms with E-state index in [0.29, 0.717) is 22.0 Å². The number of fused-ring (bicyclic) bond motifs is 1. The number of halogens is 1. The summed E-state index contributed by atoms with van der Waals surface area (Å²) in [5.41, 5.74) is 2.78. The van der Waals surface area contributed by atoms with Gasteiger partial charge < -0.3 is 9.30 Å². The second-order valence-electron chi connectivity index (χ2n) is 5.87. The third-order valence-corrected chi connectivity index (χ3v) is 4.44. The lowest BCUT2D eigenvalue weighted by molar-refractivity contribution is -0.131. The minimum atomic E-state index is -0.459. The molecule has 0 aliphatic rings. The fraction of sp³-hybridized carbons (Fsp3) is 0.200. The SMILES string of the molecule is CCc1ccc2c(c1)c(OC(C)=O)c(C(=O)c1ccc(Cl)cc1)n2C. The summed E-state index contributed by atoms with van der Waals surface area (Å²) in [4.78, 5) is 24.7. The molecule has 2 aromatic carbocycles. The van der Waals surface area contributed by atoms with Crippen LogP contribution in [0.2, 0.25) is 5.02 Å². The number of nitrogens with zero attached hydrogens (tertiary/aromatic N) is 1. The predicted octanol–water partition coefficient (Wildman–Crippen LogP) is 4.55. The van der Waals surface area contributed by atoms with E-state index in [1.54, 1.807) is 35.9 Å². The van der Waals surface area contributed by atoms with E-state index in [9.17, 15) is 9.59 Å². The van der Waals surface area contributed by atoms with E-state index in [2.05, 4.69) is 6.92 Å². The highest BCUT2D eigenvalue weighted by atomic mass is 35.5. The molecule has 5 heteroatoms. The molecular formula is C20H18ClNO3. The van der Waals surface area contributed by atoms with Crippen LogP contribution in [0.1, 0.15) is 35.5 Å². The highest BCUT2D eigenvalue weighted by Crippen LogP contribution is 2.35. The average Bonchev–Trinajstić information content (AvgIpc) is 2.86. The van der Waals surface area contributed by atoms with Crippen molar-refractivity contribution in [1.82, 2.24) is 4.57 Å². The third-order valence-electron chi connectivity index (χ3n) is 4.19. The first-order valence-electron chi connectivity index (χ1n) is 8.02. The van der Waals surface area contributed by atoms with Crippen LogP contribution < -0.4 is 4.74 Å². The normalized spacial score (nSPS) is 10.9. The van der Waals surface area contributed by atoms with Gasteiger partial charge in [0.25, 0.3) is 0 Å². The molecule has 0 saturated carbocycles. The monoisotopic (exact) mass is 355 g/mol. The maximum atomic E-state index is 13.0. The molecule has 0 N–H and O–H groups in total. The van der Waals surface area contributed by atoms with Crippen LogP contribution in [0.4, 0.5) is 0 Å². The molecule has 128 valence electrons. The Morgan fingerprint density at radius 2 is 1.80 bits per heavy atom. The Bertz CT molecular complexity index is 971. The Labute approximate surface area is 151 Å². The smallest absolute Gasteiger partial charge is 0.308 e. The minimum Gasteiger partial charge on any atom is -0.424 e. The largest absolute Gasteiger partial charge is 0.424 e. The van der Waals surface area contributed by atoms with Crippen molar-refractivity contribution in [3.8, 4) is 5.75 Å². The number of esters is 1. The lowest BCUT2D eigenvalue weighted by Gasteiger charge is -2.07. The van der Waals surface area contributed by atoms with Gasteiger partial charge in [0.05, 0.1) is 5.52 Å². The summed E-state index contributed by atoms with van der Waals surface area (Å²) in [6.45, 7) is 3.38. The zero-order valence-corrected chi connectivity index (χ0v) is 15.1. The molecule has 1 heterocycles. The molecule has 0 aliphatic heterocycles. The highest BCUT2D eigenvalue weighted by Gasteiger charge is 2.25. The maximum Gasteiger partial charge on any atom is 0.308 e. The second-order valence-corrected chi connectivity index (χ2v) is 6.31. The lowest BCUT2D eigenvalue weighted by Crippen LogP contribution is -2.11. The molecule has 0 unspecified atom stereocenters. The van der Waals surface area contributed by atoms with Gasteiger partial charge >= 0.3 is 5.97 Å². The Morgan fingerprint density at radius 1 is 1.12 bits per heavy atom. The van der Waals surface area contributed by atoms with Crippen LogP contribution in [-0.4, -0.2) is 16.3 Å². The average molecular weight is 356 g/mol. The maximum absolute atomic E-state index is 13.0. The standard InChI is InChI=1S/C20H18ClNO3/c1-4-13-5-10-17-16(11-13)20(25-12(2)23)18(22(17)3)19(24)14-6-8-15(21)9-7-14/h5-11H,4H2,1-3H3. The topological polar surface area (TPSA) is 48.3 Å². The van der Waals surface area contributed by atoms with E-state index < -0.39 is 5.97 Å². The van der Waals surface area contributed by atoms with E-state index in [1.165, 1.54) is 6.92 Å². The summed E-state index contributed by atoms with van der Waals surface area (Å²) >= 11 is 5.91. The first kappa shape index (κ1) is 17.2. The van der Waals surface area contributed by atoms with E-state index in [4.69, 9.17) is 16.3 Å². The number of ketones is 1. The fourth-order valence-corrected chi connectivity index (χ4v) is 3.04. The number of carbonyl (C=O) groups is 2. The molecule has 3 aromatic rings. The minimum absolute atomic E-state index is 0.218. The number of hydrogen-bond donors (Lipinski definition) is 0. The van der Waals surface area contributed by atoms with Gasteiger partial charge in [-0.05, 0) is 48.4 Å². The summed E-state index contributed by atoms with van der Waals surface area (Å²) in [6, 6.07) is 12.6. The Kier molecular flexibility index (Phi) is 4.64. The fourth-order valence-electron chi connectivity index (χ4n) is 2.92. The number of carbonyl (C=O) groups excluding carboxylic acids is 2. The molecule has 0 bridgehead atoms. The molecule has 0 saturated heterocycles. The van der Waals surface area contributed by atoms with Gasteiger partial charge in [-0.25, -0.2) is 0 Å². The van der Waals surface area contributed by atoms with Crippen LogP contribution in [0.15, 0.2) is 42.5 Å². The molecule has 0 amide bonds. The number of aromatic nitrogens is 1. The molecule has 25 heavy (non-hydrogen) atoms. The van der Waals surface area contributed by atoms with Gasteiger partial charge in [0.2, 0.25) is 5.78 Å². The second kappa shape index (κ2) is 6.73. The van der Waals surface area contributed by atoms with E-state index in [-0.39, 0.29) is 5.78 Å². The van der Waals surface area contributed by atoms with Crippen molar-refractivity contribution in [1.29, 1.82) is 0 Å². The molecule has 4 nitrogen and oxygen atoms in total. The first-order valence-corrected chi connectivity index (χ1v) is 8.40. The first-order chi connectivity index (χ1) is 11.9. The number of rotatable bonds is 4. The number of hydrogen-bond acceptors (Lipinski definition) is 3. The Hall–Kier alpha value is -2.59. The van der Waals surface area contributed by atoms with Gasteiger partial charge in [0, 0.05) is 29.9 Å². The summed E-state index contributed by atoms with van der Waals surface area (Å²) in [5.74, 6) is -0.371. The van der Waals surface area contributed by atoms with Gasteiger partial charge in [-0.15, -0.1) is 0 Å². The molecule has 3 rings (SSSR count). The molecule has 0 radical (unpaired) electrons. The lowest BCUT2D eigenvalue weighted by atomic mass is 10.1. The Balaban J connectivity index is 2.25. The van der Waals surface area contributed by atoms with E-state index >= 15 is 0 Å². The number of aryl methyl sites for hydroxylation is 2. The molecule has 0 spiro atoms. The van der Waals surface area contributed by atoms with Crippen molar-refractivity contribution in [2.24, 2.45) is 7.05 Å². The van der Waals surface area contributed by atoms with Crippen molar-refractivity contribution in [2.45, 2.75) is 20.3 Å². The van der Waals surface area contributed by atoms with Crippen molar-refractivity contribution in [3.05, 3.63) is 64.3 Å². The summed E-state index contributed by atoms with van der Waals surface area (Å²) < 4.78 is 7.21. The highest BCUT2D eigenvalue weighted by molar-refractivity contribution is 6.30. The van der Waals surface area contributed by atoms with Crippen molar-refractivity contribution in [3.63, 3.8) is 0 Å². The van der Waals surface area contributed by atoms with Crippen molar-refractivity contribution < 1.29 is 14.3 Å². The van der Waals surface area contributed by atoms with Gasteiger partial charge in [0.15, 0.2) is 5.75 Å². The quantitative estimate of drug-likeness (QED) is 0.509. The van der Waals surface area contributed by atoms with Crippen LogP contribution in [-0.2, 0) is 18.3 Å². The molecule has 0 fully saturated rings. The predicted molar refractivity (Wildman–Crippen MR) is 98.5 cm³/mol. The molecule has 0 aliphatic carbocycles. The van der Waals surface area contributed by atoms with Gasteiger partial charge in [0.1, 0.15) is 5.69 Å². The number of benzene rings is 2. The van der Waals surface area contributed by atoms with E-state index in [0.717, 1.165) is 22.9 Å². The van der Waals surface area contributed by atoms with Gasteiger partial charge in [-0.2, -0.15) is 0 Å². The number of ether oxygens (including phenoxy) is 1. The zero-order valence-electron chi connectivity index (χ0n) is 14.3. The van der Waals surface area contributed by atoms with Crippen LogP contribution in [0.5, 0.6) is 5.75 Å². The van der Waals surface area contributed by atoms with Crippen molar-refractivity contribution >= 4 is 34.3 Å². The van der Waals surface area contributed by atoms with Crippen molar-refractivity contribution in [2.75, 3.05) is 0 Å². The molecule has 1 aromatic heterocycles. The summed E-state index contributed by atoms with van der Waals surface area (Å²) in [7, 11) is 1.80. The van der Waals surface area contributed by atoms with Crippen LogP contribution >= 0.6 is 11.6 Å². The summed E-state index contributed by atoms with van der Waals surface area (Å²) in [6.07, 6.45) is 0.852. The molecular weight excluding hydrogens is 338 g/mol. The zero-order chi connectivity index (χ0) is 18.1. The molecule has 0 atom stereocenters. The Morgan fingerprint density at radius 3 is 2.40 bits per heavy atom. The summed E-state index contributed by atoms with van der Waals surface area (Å²) in [5, 5.41) is 1.32. The van der Waals surface area contributed by atoms with Gasteiger partial charge in [-0.3, -0.25) is 9.59 Å². The van der Waals surface area contributed by atoms with E-state index in [1.807, 2.05) is 18.2 Å². The third kappa shape index (κ3) is 3.17.